The van der Waals surface area contributed by atoms with Gasteiger partial charge in [-0.05, 0) is 24.1 Å². The third-order valence-corrected chi connectivity index (χ3v) is 5.41. The number of nitrogens with one attached hydrogen (secondary N) is 2. The monoisotopic (exact) mass is 483 g/mol. The molecule has 2 aromatic rings. The van der Waals surface area contributed by atoms with Gasteiger partial charge in [0.1, 0.15) is 23.9 Å². The van der Waals surface area contributed by atoms with Crippen LogP contribution in [0.5, 0.6) is 11.5 Å². The number of amidine groups is 1. The molecule has 184 valence electrons. The molecule has 1 aliphatic rings. The highest BCUT2D eigenvalue weighted by molar-refractivity contribution is 6.33. The number of benzene rings is 2. The number of Topliss-reactive ketones (excluding diaryl/α,β-unsaturated/α-hetero) is 1. The van der Waals surface area contributed by atoms with Crippen LogP contribution in [0.15, 0.2) is 36.4 Å². The summed E-state index contributed by atoms with van der Waals surface area (Å²) in [5.74, 6) is -3.84. The van der Waals surface area contributed by atoms with E-state index in [0.29, 0.717) is 24.3 Å². The number of aliphatic carboxylic acids is 2. The lowest BCUT2D eigenvalue weighted by Gasteiger charge is -2.21. The number of hydrogen-bond donors (Lipinski definition) is 5. The van der Waals surface area contributed by atoms with Gasteiger partial charge in [-0.2, -0.15) is 0 Å². The molecule has 1 atom stereocenters. The average Bonchev–Trinajstić information content (AvgIpc) is 3.30. The molecular weight excluding hydrogens is 458 g/mol. The van der Waals surface area contributed by atoms with Crippen LogP contribution >= 0.6 is 0 Å². The summed E-state index contributed by atoms with van der Waals surface area (Å²) in [5, 5.41) is 28.4. The van der Waals surface area contributed by atoms with Crippen LogP contribution in [-0.2, 0) is 27.2 Å². The summed E-state index contributed by atoms with van der Waals surface area (Å²) >= 11 is 0. The maximum atomic E-state index is 13.0. The smallest absolute Gasteiger partial charge is 0.372 e. The lowest BCUT2D eigenvalue weighted by Crippen LogP contribution is -2.39. The normalized spacial score (nSPS) is 12.7. The quantitative estimate of drug-likeness (QED) is 0.167. The Morgan fingerprint density at radius 3 is 2.63 bits per heavy atom. The van der Waals surface area contributed by atoms with E-state index in [9.17, 15) is 19.2 Å². The van der Waals surface area contributed by atoms with Crippen LogP contribution in [0.1, 0.15) is 39.9 Å². The van der Waals surface area contributed by atoms with E-state index in [4.69, 9.17) is 30.8 Å². The average molecular weight is 483 g/mol. The lowest BCUT2D eigenvalue weighted by molar-refractivity contribution is -0.148. The van der Waals surface area contributed by atoms with Gasteiger partial charge in [-0.15, -0.1) is 0 Å². The zero-order chi connectivity index (χ0) is 25.5. The summed E-state index contributed by atoms with van der Waals surface area (Å²) in [6, 6.07) is 8.76. The first-order valence-electron chi connectivity index (χ1n) is 10.8. The van der Waals surface area contributed by atoms with Gasteiger partial charge in [0, 0.05) is 30.4 Å². The van der Waals surface area contributed by atoms with Crippen LogP contribution in [0.2, 0.25) is 0 Å². The van der Waals surface area contributed by atoms with Crippen molar-refractivity contribution in [2.45, 2.75) is 31.7 Å². The van der Waals surface area contributed by atoms with Crippen molar-refractivity contribution in [3.8, 4) is 11.5 Å². The number of ether oxygens (including phenoxy) is 2. The molecule has 0 aromatic heterocycles. The fourth-order valence-electron chi connectivity index (χ4n) is 3.59. The molecule has 0 aliphatic carbocycles. The van der Waals surface area contributed by atoms with E-state index in [1.807, 2.05) is 6.07 Å². The fourth-order valence-corrected chi connectivity index (χ4v) is 3.59. The number of nitrogens with two attached hydrogens (primary N) is 1. The Balaban J connectivity index is 1.80. The fraction of sp³-hybridized carbons (Fsp3) is 0.292. The van der Waals surface area contributed by atoms with Gasteiger partial charge in [0.15, 0.2) is 0 Å². The van der Waals surface area contributed by atoms with Crippen LogP contribution in [-0.4, -0.2) is 58.9 Å². The number of carboxylic acid groups (broad SMARTS) is 2. The molecule has 11 heteroatoms. The Kier molecular flexibility index (Phi) is 8.03. The highest BCUT2D eigenvalue weighted by Gasteiger charge is 2.24. The van der Waals surface area contributed by atoms with E-state index in [2.05, 4.69) is 5.32 Å². The Labute approximate surface area is 200 Å². The van der Waals surface area contributed by atoms with E-state index in [0.717, 1.165) is 5.56 Å². The molecule has 0 fully saturated rings. The second-order valence-corrected chi connectivity index (χ2v) is 7.95. The molecule has 2 aromatic carbocycles. The molecule has 0 saturated heterocycles. The minimum atomic E-state index is -1.60. The van der Waals surface area contributed by atoms with E-state index in [-0.39, 0.29) is 42.2 Å². The number of hydrogen-bond acceptors (Lipinski definition) is 7. The van der Waals surface area contributed by atoms with E-state index in [1.54, 1.807) is 12.1 Å². The lowest BCUT2D eigenvalue weighted by atomic mass is 10.0. The van der Waals surface area contributed by atoms with E-state index in [1.165, 1.54) is 18.2 Å². The number of carbonyl (C=O) groups is 4. The molecule has 6 N–H and O–H groups in total. The first-order chi connectivity index (χ1) is 16.7. The van der Waals surface area contributed by atoms with Gasteiger partial charge in [-0.3, -0.25) is 19.8 Å². The van der Waals surface area contributed by atoms with Crippen molar-refractivity contribution in [2.75, 3.05) is 13.2 Å². The number of amides is 1. The maximum absolute atomic E-state index is 13.0. The topological polar surface area (TPSA) is 189 Å². The van der Waals surface area contributed by atoms with Crippen LogP contribution in [0.25, 0.3) is 0 Å². The molecule has 0 unspecified atom stereocenters. The van der Waals surface area contributed by atoms with E-state index >= 15 is 0 Å². The molecule has 35 heavy (non-hydrogen) atoms. The SMILES string of the molecule is N=C(N)c1ccc(CC(=O)C(=O)O)c(OC[C@@H](CCC(=O)O)NC(=O)c2cccc3c2OCC3)c1. The largest absolute Gasteiger partial charge is 0.492 e. The number of carboxylic acids is 2. The molecule has 1 aliphatic heterocycles. The van der Waals surface area contributed by atoms with Crippen molar-refractivity contribution in [2.24, 2.45) is 5.73 Å². The Morgan fingerprint density at radius 1 is 1.17 bits per heavy atom. The zero-order valence-electron chi connectivity index (χ0n) is 18.7. The predicted octanol–water partition coefficient (Wildman–Crippen LogP) is 1.14. The number of para-hydroxylation sites is 1. The van der Waals surface area contributed by atoms with E-state index < -0.39 is 36.1 Å². The minimum absolute atomic E-state index is 0.0484. The van der Waals surface area contributed by atoms with Crippen molar-refractivity contribution >= 4 is 29.5 Å². The summed E-state index contributed by atoms with van der Waals surface area (Å²) in [4.78, 5) is 46.8. The highest BCUT2D eigenvalue weighted by atomic mass is 16.5. The van der Waals surface area contributed by atoms with Gasteiger partial charge >= 0.3 is 11.9 Å². The third kappa shape index (κ3) is 6.56. The number of fused-ring (bicyclic) bond motifs is 1. The Bertz CT molecular complexity index is 1180. The van der Waals surface area contributed by atoms with Crippen LogP contribution < -0.4 is 20.5 Å². The molecule has 3 rings (SSSR count). The van der Waals surface area contributed by atoms with Crippen molar-refractivity contribution in [3.05, 3.63) is 58.7 Å². The van der Waals surface area contributed by atoms with Gasteiger partial charge in [0.25, 0.3) is 5.91 Å². The number of carbonyl (C=O) groups excluding carboxylic acids is 2. The van der Waals surface area contributed by atoms with Gasteiger partial charge in [-0.25, -0.2) is 4.79 Å². The minimum Gasteiger partial charge on any atom is -0.492 e. The van der Waals surface area contributed by atoms with Crippen LogP contribution in [0, 0.1) is 5.41 Å². The summed E-state index contributed by atoms with van der Waals surface area (Å²) in [6.45, 7) is 0.292. The molecule has 11 nitrogen and oxygen atoms in total. The summed E-state index contributed by atoms with van der Waals surface area (Å²) < 4.78 is 11.4. The molecule has 1 heterocycles. The van der Waals surface area contributed by atoms with Gasteiger partial charge in [0.2, 0.25) is 5.78 Å². The molecule has 0 bridgehead atoms. The van der Waals surface area contributed by atoms with Gasteiger partial charge < -0.3 is 30.7 Å². The van der Waals surface area contributed by atoms with Crippen LogP contribution in [0.4, 0.5) is 0 Å². The molecule has 0 spiro atoms. The molecule has 1 amide bonds. The van der Waals surface area contributed by atoms with Crippen LogP contribution in [0.3, 0.4) is 0 Å². The predicted molar refractivity (Wildman–Crippen MR) is 123 cm³/mol. The van der Waals surface area contributed by atoms with Crippen molar-refractivity contribution in [1.82, 2.24) is 5.32 Å². The Morgan fingerprint density at radius 2 is 1.94 bits per heavy atom. The van der Waals surface area contributed by atoms with Crippen molar-refractivity contribution < 1.29 is 38.9 Å². The molecule has 0 saturated carbocycles. The third-order valence-electron chi connectivity index (χ3n) is 5.41. The number of ketones is 1. The van der Waals surface area contributed by atoms with Gasteiger partial charge in [0.05, 0.1) is 18.2 Å². The number of rotatable bonds is 12. The summed E-state index contributed by atoms with van der Waals surface area (Å²) in [6.07, 6.45) is 0.0388. The molecule has 0 radical (unpaired) electrons. The zero-order valence-corrected chi connectivity index (χ0v) is 18.7. The van der Waals surface area contributed by atoms with Crippen molar-refractivity contribution in [3.63, 3.8) is 0 Å². The molecular formula is C24H25N3O8. The van der Waals surface area contributed by atoms with Gasteiger partial charge in [-0.1, -0.05) is 24.3 Å². The standard InChI is InChI=1S/C24H25N3O8/c25-22(26)15-5-4-14(10-18(28)24(32)33)19(11-15)35-12-16(6-7-20(29)30)27-23(31)17-3-1-2-13-8-9-34-21(13)17/h1-5,11,16H,6-10,12H2,(H3,25,26)(H,27,31)(H,29,30)(H,32,33)/t16-/m1/s1. The first kappa shape index (κ1) is 25.2. The summed E-state index contributed by atoms with van der Waals surface area (Å²) in [7, 11) is 0. The highest BCUT2D eigenvalue weighted by Crippen LogP contribution is 2.29. The maximum Gasteiger partial charge on any atom is 0.372 e. The second kappa shape index (κ2) is 11.1. The second-order valence-electron chi connectivity index (χ2n) is 7.95. The first-order valence-corrected chi connectivity index (χ1v) is 10.8. The summed E-state index contributed by atoms with van der Waals surface area (Å²) in [5.41, 5.74) is 7.30. The Hall–Kier alpha value is -4.41. The van der Waals surface area contributed by atoms with Crippen molar-refractivity contribution in [1.29, 1.82) is 5.41 Å². The number of nitrogen functional groups attached to an aromatic ring is 1.